The maximum atomic E-state index is 8.61. The van der Waals surface area contributed by atoms with Crippen LogP contribution in [0.4, 0.5) is 5.69 Å². The van der Waals surface area contributed by atoms with E-state index in [0.717, 1.165) is 11.3 Å². The molecular weight excluding hydrogens is 262 g/mol. The van der Waals surface area contributed by atoms with Crippen LogP contribution in [0.25, 0.3) is 12.2 Å². The molecule has 0 spiro atoms. The Hall–Kier alpha value is -3.44. The Balaban J connectivity index is 2.12. The Morgan fingerprint density at radius 3 is 2.67 bits per heavy atom. The number of nitrogens with zero attached hydrogens (tertiary/aromatic N) is 4. The molecule has 1 aromatic heterocycles. The largest absolute Gasteiger partial charge is 0.276 e. The smallest absolute Gasteiger partial charge is 0.237 e. The zero-order chi connectivity index (χ0) is 14.9. The molecular formula is C16H11N5. The number of benzene rings is 1. The van der Waals surface area contributed by atoms with E-state index in [-0.39, 0.29) is 5.71 Å². The third-order valence-corrected chi connectivity index (χ3v) is 2.53. The highest BCUT2D eigenvalue weighted by molar-refractivity contribution is 6.10. The van der Waals surface area contributed by atoms with Gasteiger partial charge in [0.2, 0.25) is 5.71 Å². The van der Waals surface area contributed by atoms with Crippen molar-refractivity contribution in [3.63, 3.8) is 0 Å². The predicted octanol–water partition coefficient (Wildman–Crippen LogP) is 3.07. The molecule has 1 heterocycles. The molecule has 5 nitrogen and oxygen atoms in total. The Labute approximate surface area is 122 Å². The molecule has 0 bridgehead atoms. The van der Waals surface area contributed by atoms with E-state index in [2.05, 4.69) is 15.5 Å². The molecule has 0 aliphatic heterocycles. The van der Waals surface area contributed by atoms with E-state index in [0.29, 0.717) is 5.69 Å². The van der Waals surface area contributed by atoms with Crippen molar-refractivity contribution in [2.24, 2.45) is 5.10 Å². The van der Waals surface area contributed by atoms with Crippen LogP contribution in [0.1, 0.15) is 11.3 Å². The SMILES string of the molecule is N#CC(C#N)=NNc1cccc(C=Cc2ccccn2)c1. The summed E-state index contributed by atoms with van der Waals surface area (Å²) in [6, 6.07) is 16.5. The summed E-state index contributed by atoms with van der Waals surface area (Å²) in [6.45, 7) is 0. The van der Waals surface area contributed by atoms with Crippen LogP contribution in [0.15, 0.2) is 53.8 Å². The Kier molecular flexibility index (Phi) is 4.81. The highest BCUT2D eigenvalue weighted by atomic mass is 15.3. The van der Waals surface area contributed by atoms with E-state index in [1.165, 1.54) is 0 Å². The van der Waals surface area contributed by atoms with Gasteiger partial charge < -0.3 is 0 Å². The molecule has 0 radical (unpaired) electrons. The lowest BCUT2D eigenvalue weighted by atomic mass is 10.2. The first-order chi connectivity index (χ1) is 10.3. The summed E-state index contributed by atoms with van der Waals surface area (Å²) in [5.41, 5.74) is 4.98. The van der Waals surface area contributed by atoms with Crippen LogP contribution in [-0.2, 0) is 0 Å². The third-order valence-electron chi connectivity index (χ3n) is 2.53. The van der Waals surface area contributed by atoms with Crippen LogP contribution >= 0.6 is 0 Å². The van der Waals surface area contributed by atoms with Gasteiger partial charge in [-0.1, -0.05) is 24.3 Å². The summed E-state index contributed by atoms with van der Waals surface area (Å²) < 4.78 is 0. The molecule has 0 aliphatic rings. The van der Waals surface area contributed by atoms with Crippen LogP contribution in [0, 0.1) is 22.7 Å². The molecule has 2 aromatic rings. The number of hydrogen-bond acceptors (Lipinski definition) is 5. The lowest BCUT2D eigenvalue weighted by molar-refractivity contribution is 1.30. The number of anilines is 1. The van der Waals surface area contributed by atoms with Crippen LogP contribution in [0.5, 0.6) is 0 Å². The van der Waals surface area contributed by atoms with Crippen molar-refractivity contribution in [1.29, 1.82) is 10.5 Å². The maximum Gasteiger partial charge on any atom is 0.237 e. The first-order valence-electron chi connectivity index (χ1n) is 6.15. The second kappa shape index (κ2) is 7.22. The Bertz CT molecular complexity index is 732. The minimum absolute atomic E-state index is 0.218. The molecule has 0 amide bonds. The fourth-order valence-corrected chi connectivity index (χ4v) is 1.56. The van der Waals surface area contributed by atoms with Gasteiger partial charge in [-0.15, -0.1) is 0 Å². The third kappa shape index (κ3) is 4.30. The maximum absolute atomic E-state index is 8.61. The Morgan fingerprint density at radius 1 is 1.10 bits per heavy atom. The minimum atomic E-state index is -0.218. The standard InChI is InChI=1S/C16H11N5/c17-11-16(12-18)21-20-15-6-3-4-13(10-15)7-8-14-5-1-2-9-19-14/h1-10,20H. The molecule has 21 heavy (non-hydrogen) atoms. The average Bonchev–Trinajstić information content (AvgIpc) is 2.55. The van der Waals surface area contributed by atoms with E-state index in [1.807, 2.05) is 48.6 Å². The molecule has 0 saturated heterocycles. The van der Waals surface area contributed by atoms with E-state index < -0.39 is 0 Å². The van der Waals surface area contributed by atoms with Gasteiger partial charge in [0, 0.05) is 6.20 Å². The quantitative estimate of drug-likeness (QED) is 0.685. The number of nitrogens with one attached hydrogen (secondary N) is 1. The van der Waals surface area contributed by atoms with Gasteiger partial charge in [-0.3, -0.25) is 10.4 Å². The topological polar surface area (TPSA) is 84.9 Å². The minimum Gasteiger partial charge on any atom is -0.276 e. The van der Waals surface area contributed by atoms with Crippen molar-refractivity contribution in [2.45, 2.75) is 0 Å². The van der Waals surface area contributed by atoms with Crippen molar-refractivity contribution < 1.29 is 0 Å². The van der Waals surface area contributed by atoms with Crippen LogP contribution in [0.2, 0.25) is 0 Å². The summed E-state index contributed by atoms with van der Waals surface area (Å²) in [5.74, 6) is 0. The molecule has 0 fully saturated rings. The second-order valence-corrected chi connectivity index (χ2v) is 4.01. The van der Waals surface area contributed by atoms with Crippen LogP contribution in [-0.4, -0.2) is 10.7 Å². The lowest BCUT2D eigenvalue weighted by Gasteiger charge is -2.01. The van der Waals surface area contributed by atoms with Gasteiger partial charge in [0.25, 0.3) is 0 Å². The summed E-state index contributed by atoms with van der Waals surface area (Å²) in [4.78, 5) is 4.20. The van der Waals surface area contributed by atoms with E-state index in [1.54, 1.807) is 24.4 Å². The van der Waals surface area contributed by atoms with Gasteiger partial charge in [0.05, 0.1) is 11.4 Å². The van der Waals surface area contributed by atoms with Gasteiger partial charge in [-0.25, -0.2) is 0 Å². The average molecular weight is 273 g/mol. The number of rotatable bonds is 4. The molecule has 0 unspecified atom stereocenters. The van der Waals surface area contributed by atoms with Crippen molar-refractivity contribution >= 4 is 23.6 Å². The molecule has 2 rings (SSSR count). The van der Waals surface area contributed by atoms with Crippen molar-refractivity contribution in [3.05, 3.63) is 59.9 Å². The fraction of sp³-hybridized carbons (Fsp3) is 0. The second-order valence-electron chi connectivity index (χ2n) is 4.01. The molecule has 0 saturated carbocycles. The number of hydrazone groups is 1. The van der Waals surface area contributed by atoms with Crippen LogP contribution < -0.4 is 5.43 Å². The van der Waals surface area contributed by atoms with E-state index >= 15 is 0 Å². The molecule has 5 heteroatoms. The lowest BCUT2D eigenvalue weighted by Crippen LogP contribution is -1.96. The van der Waals surface area contributed by atoms with Gasteiger partial charge in [-0.2, -0.15) is 15.6 Å². The zero-order valence-electron chi connectivity index (χ0n) is 11.1. The number of pyridine rings is 1. The molecule has 100 valence electrons. The van der Waals surface area contributed by atoms with E-state index in [9.17, 15) is 0 Å². The predicted molar refractivity (Wildman–Crippen MR) is 81.9 cm³/mol. The highest BCUT2D eigenvalue weighted by Gasteiger charge is 1.95. The molecule has 1 N–H and O–H groups in total. The van der Waals surface area contributed by atoms with E-state index in [4.69, 9.17) is 10.5 Å². The summed E-state index contributed by atoms with van der Waals surface area (Å²) in [6.07, 6.45) is 5.56. The number of hydrogen-bond donors (Lipinski definition) is 1. The number of aromatic nitrogens is 1. The first kappa shape index (κ1) is 14.0. The molecule has 1 aromatic carbocycles. The molecule has 0 aliphatic carbocycles. The zero-order valence-corrected chi connectivity index (χ0v) is 11.1. The van der Waals surface area contributed by atoms with Gasteiger partial charge >= 0.3 is 0 Å². The van der Waals surface area contributed by atoms with Gasteiger partial charge in [-0.05, 0) is 35.9 Å². The fourth-order valence-electron chi connectivity index (χ4n) is 1.56. The van der Waals surface area contributed by atoms with Gasteiger partial charge in [0.1, 0.15) is 12.1 Å². The van der Waals surface area contributed by atoms with Crippen molar-refractivity contribution in [2.75, 3.05) is 5.43 Å². The summed E-state index contributed by atoms with van der Waals surface area (Å²) in [5, 5.41) is 20.9. The number of nitriles is 2. The Morgan fingerprint density at radius 2 is 1.95 bits per heavy atom. The molecule has 0 atom stereocenters. The summed E-state index contributed by atoms with van der Waals surface area (Å²) in [7, 11) is 0. The monoisotopic (exact) mass is 273 g/mol. The normalized spacial score (nSPS) is 9.62. The highest BCUT2D eigenvalue weighted by Crippen LogP contribution is 2.13. The first-order valence-corrected chi connectivity index (χ1v) is 6.15. The van der Waals surface area contributed by atoms with Gasteiger partial charge in [0.15, 0.2) is 0 Å². The summed E-state index contributed by atoms with van der Waals surface area (Å²) >= 11 is 0. The van der Waals surface area contributed by atoms with Crippen molar-refractivity contribution in [1.82, 2.24) is 4.98 Å². The van der Waals surface area contributed by atoms with Crippen LogP contribution in [0.3, 0.4) is 0 Å². The van der Waals surface area contributed by atoms with Crippen molar-refractivity contribution in [3.8, 4) is 12.1 Å².